The third-order valence-corrected chi connectivity index (χ3v) is 3.61. The summed E-state index contributed by atoms with van der Waals surface area (Å²) < 4.78 is 6.73. The SMILES string of the molecule is CC(=O)C1=C(c2ccccc2)OC(CI)C1. The van der Waals surface area contributed by atoms with Gasteiger partial charge < -0.3 is 4.74 Å². The molecule has 84 valence electrons. The van der Waals surface area contributed by atoms with Crippen molar-refractivity contribution in [3.05, 3.63) is 41.5 Å². The first-order valence-electron chi connectivity index (χ1n) is 5.24. The number of hydrogen-bond donors (Lipinski definition) is 0. The van der Waals surface area contributed by atoms with Crippen LogP contribution >= 0.6 is 22.6 Å². The Bertz CT molecular complexity index is 423. The van der Waals surface area contributed by atoms with Gasteiger partial charge in [0, 0.05) is 22.0 Å². The largest absolute Gasteiger partial charge is 0.488 e. The third kappa shape index (κ3) is 2.29. The quantitative estimate of drug-likeness (QED) is 0.629. The highest BCUT2D eigenvalue weighted by Crippen LogP contribution is 2.33. The molecule has 1 atom stereocenters. The van der Waals surface area contributed by atoms with Gasteiger partial charge in [-0.3, -0.25) is 4.79 Å². The molecule has 1 aromatic carbocycles. The fourth-order valence-electron chi connectivity index (χ4n) is 1.82. The Hall–Kier alpha value is -0.840. The smallest absolute Gasteiger partial charge is 0.159 e. The molecule has 0 spiro atoms. The van der Waals surface area contributed by atoms with E-state index in [0.717, 1.165) is 27.7 Å². The molecule has 1 aliphatic heterocycles. The summed E-state index contributed by atoms with van der Waals surface area (Å²) in [6, 6.07) is 9.84. The van der Waals surface area contributed by atoms with Crippen molar-refractivity contribution in [2.75, 3.05) is 4.43 Å². The molecule has 0 saturated heterocycles. The highest BCUT2D eigenvalue weighted by atomic mass is 127. The molecule has 0 bridgehead atoms. The van der Waals surface area contributed by atoms with Crippen LogP contribution in [0.5, 0.6) is 0 Å². The summed E-state index contributed by atoms with van der Waals surface area (Å²) in [5, 5.41) is 0. The van der Waals surface area contributed by atoms with Crippen LogP contribution in [-0.2, 0) is 9.53 Å². The monoisotopic (exact) mass is 328 g/mol. The van der Waals surface area contributed by atoms with E-state index in [-0.39, 0.29) is 11.9 Å². The zero-order valence-corrected chi connectivity index (χ0v) is 11.2. The van der Waals surface area contributed by atoms with Gasteiger partial charge in [-0.25, -0.2) is 0 Å². The third-order valence-electron chi connectivity index (χ3n) is 2.62. The molecule has 0 aromatic heterocycles. The van der Waals surface area contributed by atoms with Gasteiger partial charge in [-0.05, 0) is 6.92 Å². The van der Waals surface area contributed by atoms with E-state index in [1.54, 1.807) is 6.92 Å². The molecule has 1 unspecified atom stereocenters. The second-order valence-corrected chi connectivity index (χ2v) is 4.71. The van der Waals surface area contributed by atoms with Crippen molar-refractivity contribution in [1.29, 1.82) is 0 Å². The van der Waals surface area contributed by atoms with Crippen LogP contribution in [0.3, 0.4) is 0 Å². The van der Waals surface area contributed by atoms with Crippen molar-refractivity contribution in [3.8, 4) is 0 Å². The van der Waals surface area contributed by atoms with E-state index in [4.69, 9.17) is 4.74 Å². The summed E-state index contributed by atoms with van der Waals surface area (Å²) in [4.78, 5) is 11.6. The summed E-state index contributed by atoms with van der Waals surface area (Å²) >= 11 is 2.29. The zero-order valence-electron chi connectivity index (χ0n) is 9.07. The van der Waals surface area contributed by atoms with Crippen LogP contribution in [0, 0.1) is 0 Å². The lowest BCUT2D eigenvalue weighted by molar-refractivity contribution is -0.113. The first-order valence-corrected chi connectivity index (χ1v) is 6.77. The normalized spacial score (nSPS) is 19.8. The summed E-state index contributed by atoms with van der Waals surface area (Å²) in [6.07, 6.45) is 0.886. The van der Waals surface area contributed by atoms with Gasteiger partial charge in [-0.1, -0.05) is 52.9 Å². The minimum absolute atomic E-state index is 0.117. The number of carbonyl (C=O) groups excluding carboxylic acids is 1. The number of benzene rings is 1. The Labute approximate surface area is 109 Å². The average Bonchev–Trinajstić information content (AvgIpc) is 2.74. The summed E-state index contributed by atoms with van der Waals surface area (Å²) in [7, 11) is 0. The van der Waals surface area contributed by atoms with Crippen molar-refractivity contribution in [2.24, 2.45) is 0 Å². The van der Waals surface area contributed by atoms with Gasteiger partial charge >= 0.3 is 0 Å². The zero-order chi connectivity index (χ0) is 11.5. The molecule has 0 fully saturated rings. The van der Waals surface area contributed by atoms with Crippen molar-refractivity contribution in [1.82, 2.24) is 0 Å². The molecule has 0 N–H and O–H groups in total. The Kier molecular flexibility index (Phi) is 3.63. The standard InChI is InChI=1S/C13H13IO2/c1-9(15)12-7-11(8-14)16-13(12)10-5-3-2-4-6-10/h2-6,11H,7-8H2,1H3. The molecule has 2 rings (SSSR count). The number of Topliss-reactive ketones (excluding diaryl/α,β-unsaturated/α-hetero) is 1. The fraction of sp³-hybridized carbons (Fsp3) is 0.308. The lowest BCUT2D eigenvalue weighted by Gasteiger charge is -2.09. The van der Waals surface area contributed by atoms with E-state index in [1.807, 2.05) is 30.3 Å². The highest BCUT2D eigenvalue weighted by Gasteiger charge is 2.28. The molecule has 0 radical (unpaired) electrons. The van der Waals surface area contributed by atoms with E-state index in [0.29, 0.717) is 0 Å². The predicted octanol–water partition coefficient (Wildman–Crippen LogP) is 3.21. The van der Waals surface area contributed by atoms with Crippen LogP contribution in [-0.4, -0.2) is 16.3 Å². The van der Waals surface area contributed by atoms with Crippen molar-refractivity contribution < 1.29 is 9.53 Å². The van der Waals surface area contributed by atoms with Gasteiger partial charge in [-0.15, -0.1) is 0 Å². The number of halogens is 1. The lowest BCUT2D eigenvalue weighted by Crippen LogP contribution is -2.07. The minimum atomic E-state index is 0.117. The molecule has 1 aromatic rings. The number of alkyl halides is 1. The maximum atomic E-state index is 11.6. The number of ether oxygens (including phenoxy) is 1. The maximum absolute atomic E-state index is 11.6. The summed E-state index contributed by atoms with van der Waals surface area (Å²) in [6.45, 7) is 1.61. The molecule has 1 heterocycles. The first-order chi connectivity index (χ1) is 7.72. The molecule has 0 amide bonds. The van der Waals surface area contributed by atoms with Crippen molar-refractivity contribution in [2.45, 2.75) is 19.4 Å². The maximum Gasteiger partial charge on any atom is 0.159 e. The fourth-order valence-corrected chi connectivity index (χ4v) is 2.31. The molecular weight excluding hydrogens is 315 g/mol. The van der Waals surface area contributed by atoms with Gasteiger partial charge in [-0.2, -0.15) is 0 Å². The highest BCUT2D eigenvalue weighted by molar-refractivity contribution is 14.1. The molecule has 2 nitrogen and oxygen atoms in total. The molecule has 0 saturated carbocycles. The molecular formula is C13H13IO2. The second-order valence-electron chi connectivity index (χ2n) is 3.83. The number of hydrogen-bond acceptors (Lipinski definition) is 2. The van der Waals surface area contributed by atoms with Crippen LogP contribution in [0.1, 0.15) is 18.9 Å². The average molecular weight is 328 g/mol. The second kappa shape index (κ2) is 4.99. The van der Waals surface area contributed by atoms with E-state index in [2.05, 4.69) is 22.6 Å². The van der Waals surface area contributed by atoms with Gasteiger partial charge in [0.15, 0.2) is 5.78 Å². The van der Waals surface area contributed by atoms with Gasteiger partial charge in [0.2, 0.25) is 0 Å². The van der Waals surface area contributed by atoms with E-state index in [9.17, 15) is 4.79 Å². The first kappa shape index (κ1) is 11.6. The molecule has 3 heteroatoms. The predicted molar refractivity (Wildman–Crippen MR) is 72.4 cm³/mol. The Morgan fingerprint density at radius 1 is 1.44 bits per heavy atom. The Balaban J connectivity index is 2.37. The van der Waals surface area contributed by atoms with Crippen LogP contribution in [0.4, 0.5) is 0 Å². The summed E-state index contributed by atoms with van der Waals surface area (Å²) in [5.74, 6) is 0.890. The van der Waals surface area contributed by atoms with Crippen LogP contribution in [0.15, 0.2) is 35.9 Å². The number of ketones is 1. The van der Waals surface area contributed by atoms with Crippen molar-refractivity contribution >= 4 is 34.1 Å². The van der Waals surface area contributed by atoms with Gasteiger partial charge in [0.25, 0.3) is 0 Å². The Morgan fingerprint density at radius 2 is 2.12 bits per heavy atom. The molecule has 0 aliphatic carbocycles. The van der Waals surface area contributed by atoms with E-state index in [1.165, 1.54) is 0 Å². The van der Waals surface area contributed by atoms with Crippen molar-refractivity contribution in [3.63, 3.8) is 0 Å². The summed E-state index contributed by atoms with van der Waals surface area (Å²) in [5.41, 5.74) is 1.83. The number of rotatable bonds is 3. The molecule has 16 heavy (non-hydrogen) atoms. The van der Waals surface area contributed by atoms with E-state index < -0.39 is 0 Å². The topological polar surface area (TPSA) is 26.3 Å². The van der Waals surface area contributed by atoms with E-state index >= 15 is 0 Å². The van der Waals surface area contributed by atoms with Crippen LogP contribution in [0.2, 0.25) is 0 Å². The Morgan fingerprint density at radius 3 is 2.69 bits per heavy atom. The number of carbonyl (C=O) groups is 1. The lowest BCUT2D eigenvalue weighted by atomic mass is 10.0. The van der Waals surface area contributed by atoms with Gasteiger partial charge in [0.05, 0.1) is 0 Å². The van der Waals surface area contributed by atoms with Crippen LogP contribution < -0.4 is 0 Å². The minimum Gasteiger partial charge on any atom is -0.488 e. The van der Waals surface area contributed by atoms with Crippen LogP contribution in [0.25, 0.3) is 5.76 Å². The molecule has 1 aliphatic rings. The van der Waals surface area contributed by atoms with Gasteiger partial charge in [0.1, 0.15) is 11.9 Å².